The fourth-order valence-corrected chi connectivity index (χ4v) is 4.29. The molecule has 0 spiro atoms. The quantitative estimate of drug-likeness (QED) is 0.819. The van der Waals surface area contributed by atoms with E-state index in [9.17, 15) is 0 Å². The SMILES string of the molecule is Cc1nn(C)cc1-c1ccnc(NCCSC2CCCCC2)n1. The van der Waals surface area contributed by atoms with Crippen molar-refractivity contribution in [3.63, 3.8) is 0 Å². The Balaban J connectivity index is 1.52. The van der Waals surface area contributed by atoms with E-state index in [1.165, 1.54) is 32.1 Å². The van der Waals surface area contributed by atoms with Crippen molar-refractivity contribution >= 4 is 17.7 Å². The molecule has 0 aliphatic heterocycles. The highest BCUT2D eigenvalue weighted by Gasteiger charge is 2.13. The number of thioether (sulfide) groups is 1. The molecule has 1 N–H and O–H groups in total. The number of aryl methyl sites for hydroxylation is 2. The van der Waals surface area contributed by atoms with Gasteiger partial charge in [-0.25, -0.2) is 9.97 Å². The molecule has 5 nitrogen and oxygen atoms in total. The summed E-state index contributed by atoms with van der Waals surface area (Å²) in [5, 5.41) is 8.58. The van der Waals surface area contributed by atoms with Gasteiger partial charge in [-0.2, -0.15) is 16.9 Å². The van der Waals surface area contributed by atoms with Gasteiger partial charge < -0.3 is 5.32 Å². The Kier molecular flexibility index (Phi) is 5.54. The van der Waals surface area contributed by atoms with Gasteiger partial charge in [-0.3, -0.25) is 4.68 Å². The molecule has 23 heavy (non-hydrogen) atoms. The lowest BCUT2D eigenvalue weighted by Gasteiger charge is -2.20. The molecule has 0 amide bonds. The zero-order valence-corrected chi connectivity index (χ0v) is 14.8. The average Bonchev–Trinajstić information content (AvgIpc) is 2.91. The van der Waals surface area contributed by atoms with Crippen LogP contribution in [0.1, 0.15) is 37.8 Å². The number of hydrogen-bond donors (Lipinski definition) is 1. The van der Waals surface area contributed by atoms with Gasteiger partial charge in [0.1, 0.15) is 0 Å². The largest absolute Gasteiger partial charge is 0.353 e. The van der Waals surface area contributed by atoms with Gasteiger partial charge in [0.05, 0.1) is 11.4 Å². The molecule has 3 rings (SSSR count). The maximum absolute atomic E-state index is 4.62. The Morgan fingerprint density at radius 2 is 2.13 bits per heavy atom. The molecule has 0 atom stereocenters. The van der Waals surface area contributed by atoms with E-state index in [1.54, 1.807) is 0 Å². The summed E-state index contributed by atoms with van der Waals surface area (Å²) >= 11 is 2.09. The van der Waals surface area contributed by atoms with E-state index in [0.717, 1.165) is 34.5 Å². The lowest BCUT2D eigenvalue weighted by atomic mass is 10.0. The van der Waals surface area contributed by atoms with E-state index in [0.29, 0.717) is 5.95 Å². The lowest BCUT2D eigenvalue weighted by molar-refractivity contribution is 0.516. The Morgan fingerprint density at radius 3 is 2.87 bits per heavy atom. The molecule has 1 fully saturated rings. The van der Waals surface area contributed by atoms with Crippen LogP contribution in [0.3, 0.4) is 0 Å². The number of anilines is 1. The third-order valence-corrected chi connectivity index (χ3v) is 5.62. The molecule has 124 valence electrons. The molecule has 2 aromatic rings. The third kappa shape index (κ3) is 4.47. The van der Waals surface area contributed by atoms with E-state index in [1.807, 2.05) is 37.1 Å². The molecule has 6 heteroatoms. The first-order valence-electron chi connectivity index (χ1n) is 8.41. The number of nitrogens with zero attached hydrogens (tertiary/aromatic N) is 4. The highest BCUT2D eigenvalue weighted by Crippen LogP contribution is 2.28. The first kappa shape index (κ1) is 16.3. The normalized spacial score (nSPS) is 15.7. The van der Waals surface area contributed by atoms with Crippen molar-refractivity contribution in [3.8, 4) is 11.3 Å². The van der Waals surface area contributed by atoms with Gasteiger partial charge in [0.25, 0.3) is 0 Å². The van der Waals surface area contributed by atoms with Crippen molar-refractivity contribution in [3.05, 3.63) is 24.2 Å². The van der Waals surface area contributed by atoms with Crippen LogP contribution in [0.4, 0.5) is 5.95 Å². The van der Waals surface area contributed by atoms with Crippen LogP contribution >= 0.6 is 11.8 Å². The van der Waals surface area contributed by atoms with E-state index < -0.39 is 0 Å². The van der Waals surface area contributed by atoms with Crippen LogP contribution in [0.25, 0.3) is 11.3 Å². The zero-order valence-electron chi connectivity index (χ0n) is 14.0. The second-order valence-electron chi connectivity index (χ2n) is 6.12. The first-order chi connectivity index (χ1) is 11.2. The van der Waals surface area contributed by atoms with E-state index in [-0.39, 0.29) is 0 Å². The van der Waals surface area contributed by atoms with Crippen molar-refractivity contribution < 1.29 is 0 Å². The van der Waals surface area contributed by atoms with Crippen molar-refractivity contribution in [2.45, 2.75) is 44.3 Å². The van der Waals surface area contributed by atoms with E-state index in [4.69, 9.17) is 0 Å². The fourth-order valence-electron chi connectivity index (χ4n) is 3.07. The Labute approximate surface area is 142 Å². The summed E-state index contributed by atoms with van der Waals surface area (Å²) in [5.41, 5.74) is 2.98. The van der Waals surface area contributed by atoms with Crippen molar-refractivity contribution in [2.24, 2.45) is 7.05 Å². The second-order valence-corrected chi connectivity index (χ2v) is 7.53. The van der Waals surface area contributed by atoms with Crippen molar-refractivity contribution in [2.75, 3.05) is 17.6 Å². The van der Waals surface area contributed by atoms with Crippen LogP contribution in [0.2, 0.25) is 0 Å². The van der Waals surface area contributed by atoms with E-state index in [2.05, 4.69) is 32.1 Å². The van der Waals surface area contributed by atoms with Gasteiger partial charge in [-0.15, -0.1) is 0 Å². The van der Waals surface area contributed by atoms with Crippen molar-refractivity contribution in [1.82, 2.24) is 19.7 Å². The summed E-state index contributed by atoms with van der Waals surface area (Å²) in [7, 11) is 1.93. The smallest absolute Gasteiger partial charge is 0.223 e. The van der Waals surface area contributed by atoms with Gasteiger partial charge in [-0.05, 0) is 25.8 Å². The highest BCUT2D eigenvalue weighted by atomic mass is 32.2. The second kappa shape index (κ2) is 7.81. The predicted octanol–water partition coefficient (Wildman–Crippen LogP) is 3.66. The average molecular weight is 331 g/mol. The minimum atomic E-state index is 0.704. The van der Waals surface area contributed by atoms with Crippen LogP contribution in [0, 0.1) is 6.92 Å². The Hall–Kier alpha value is -1.56. The van der Waals surface area contributed by atoms with Gasteiger partial charge in [-0.1, -0.05) is 19.3 Å². The number of nitrogens with one attached hydrogen (secondary N) is 1. The number of aromatic nitrogens is 4. The molecule has 1 aliphatic carbocycles. The van der Waals surface area contributed by atoms with Crippen LogP contribution in [-0.4, -0.2) is 37.3 Å². The summed E-state index contributed by atoms with van der Waals surface area (Å²) in [6.45, 7) is 2.92. The van der Waals surface area contributed by atoms with Gasteiger partial charge >= 0.3 is 0 Å². The minimum absolute atomic E-state index is 0.704. The van der Waals surface area contributed by atoms with Gasteiger partial charge in [0.2, 0.25) is 5.95 Å². The number of rotatable bonds is 6. The maximum atomic E-state index is 4.62. The summed E-state index contributed by atoms with van der Waals surface area (Å²) in [6.07, 6.45) is 10.8. The van der Waals surface area contributed by atoms with Crippen LogP contribution in [0.5, 0.6) is 0 Å². The molecule has 2 aromatic heterocycles. The molecule has 1 saturated carbocycles. The van der Waals surface area contributed by atoms with Crippen LogP contribution in [-0.2, 0) is 7.05 Å². The maximum Gasteiger partial charge on any atom is 0.223 e. The lowest BCUT2D eigenvalue weighted by Crippen LogP contribution is -2.13. The Morgan fingerprint density at radius 1 is 1.30 bits per heavy atom. The summed E-state index contributed by atoms with van der Waals surface area (Å²) < 4.78 is 1.82. The topological polar surface area (TPSA) is 55.6 Å². The van der Waals surface area contributed by atoms with Gasteiger partial charge in [0.15, 0.2) is 0 Å². The van der Waals surface area contributed by atoms with E-state index >= 15 is 0 Å². The molecule has 0 radical (unpaired) electrons. The predicted molar refractivity (Wildman–Crippen MR) is 96.8 cm³/mol. The van der Waals surface area contributed by atoms with Crippen LogP contribution in [0.15, 0.2) is 18.5 Å². The molecule has 0 aromatic carbocycles. The van der Waals surface area contributed by atoms with Gasteiger partial charge in [0, 0.05) is 42.6 Å². The molecule has 0 bridgehead atoms. The summed E-state index contributed by atoms with van der Waals surface area (Å²) in [4.78, 5) is 8.94. The van der Waals surface area contributed by atoms with Crippen molar-refractivity contribution in [1.29, 1.82) is 0 Å². The molecular weight excluding hydrogens is 306 g/mol. The number of hydrogen-bond acceptors (Lipinski definition) is 5. The highest BCUT2D eigenvalue weighted by molar-refractivity contribution is 7.99. The molecule has 0 unspecified atom stereocenters. The standard InChI is InChI=1S/C17H25N5S/c1-13-15(12-22(2)21-13)16-8-9-18-17(20-16)19-10-11-23-14-6-4-3-5-7-14/h8-9,12,14H,3-7,10-11H2,1-2H3,(H,18,19,20). The zero-order chi connectivity index (χ0) is 16.1. The summed E-state index contributed by atoms with van der Waals surface area (Å²) in [6, 6.07) is 1.94. The van der Waals surface area contributed by atoms with Crippen LogP contribution < -0.4 is 5.32 Å². The molecule has 1 aliphatic rings. The fraction of sp³-hybridized carbons (Fsp3) is 0.588. The third-order valence-electron chi connectivity index (χ3n) is 4.24. The summed E-state index contributed by atoms with van der Waals surface area (Å²) in [5.74, 6) is 1.82. The molecule has 2 heterocycles. The molecular formula is C17H25N5S. The monoisotopic (exact) mass is 331 g/mol. The minimum Gasteiger partial charge on any atom is -0.353 e. The molecule has 0 saturated heterocycles. The Bertz CT molecular complexity index is 634. The first-order valence-corrected chi connectivity index (χ1v) is 9.46.